The summed E-state index contributed by atoms with van der Waals surface area (Å²) in [5.74, 6) is 0. The number of nitrogens with zero attached hydrogens (tertiary/aromatic N) is 3. The number of hydrogen-bond acceptors (Lipinski definition) is 4. The van der Waals surface area contributed by atoms with E-state index in [1.807, 2.05) is 25.7 Å². The van der Waals surface area contributed by atoms with E-state index in [9.17, 15) is 9.59 Å². The van der Waals surface area contributed by atoms with Crippen molar-refractivity contribution in [1.82, 2.24) is 20.0 Å². The molecule has 7 nitrogen and oxygen atoms in total. The molecule has 0 aromatic carbocycles. The first-order valence-corrected chi connectivity index (χ1v) is 11.6. The van der Waals surface area contributed by atoms with Gasteiger partial charge in [0.15, 0.2) is 0 Å². The Morgan fingerprint density at radius 1 is 0.931 bits per heavy atom. The highest BCUT2D eigenvalue weighted by atomic mass is 16.6. The van der Waals surface area contributed by atoms with E-state index in [1.165, 1.54) is 12.8 Å². The van der Waals surface area contributed by atoms with Crippen molar-refractivity contribution in [2.24, 2.45) is 0 Å². The summed E-state index contributed by atoms with van der Waals surface area (Å²) < 4.78 is 5.51. The van der Waals surface area contributed by atoms with E-state index in [1.54, 1.807) is 0 Å². The topological polar surface area (TPSA) is 65.1 Å². The molecule has 3 heterocycles. The van der Waals surface area contributed by atoms with Crippen molar-refractivity contribution >= 4 is 12.1 Å². The summed E-state index contributed by atoms with van der Waals surface area (Å²) in [6.45, 7) is 9.41. The summed E-state index contributed by atoms with van der Waals surface area (Å²) in [5.41, 5.74) is -0.435. The number of ether oxygens (including phenoxy) is 1. The maximum atomic E-state index is 12.6. The molecular formula is C22H38N4O3. The van der Waals surface area contributed by atoms with Crippen molar-refractivity contribution in [3.8, 4) is 0 Å². The predicted octanol–water partition coefficient (Wildman–Crippen LogP) is 3.19. The standard InChI is InChI=1S/C22H38N4O3/c1-22(2,3)29-21(28)25-14-8-16(9-15-25)24-12-10-17(11-13-24)26-19-7-5-4-6-18(19)23-20(26)27/h16-19H,4-15H2,1-3H3,(H,23,27)/t18-,19-/m0/s1. The highest BCUT2D eigenvalue weighted by Crippen LogP contribution is 2.33. The number of fused-ring (bicyclic) bond motifs is 1. The molecule has 1 aliphatic carbocycles. The van der Waals surface area contributed by atoms with Gasteiger partial charge < -0.3 is 24.8 Å². The fourth-order valence-electron chi connectivity index (χ4n) is 5.70. The quantitative estimate of drug-likeness (QED) is 0.765. The van der Waals surface area contributed by atoms with E-state index in [-0.39, 0.29) is 12.1 Å². The Morgan fingerprint density at radius 3 is 2.21 bits per heavy atom. The lowest BCUT2D eigenvalue weighted by atomic mass is 9.89. The largest absolute Gasteiger partial charge is 0.444 e. The van der Waals surface area contributed by atoms with E-state index in [0.717, 1.165) is 64.7 Å². The minimum atomic E-state index is -0.435. The molecule has 4 aliphatic rings. The molecule has 4 fully saturated rings. The third kappa shape index (κ3) is 4.65. The summed E-state index contributed by atoms with van der Waals surface area (Å²) in [5, 5.41) is 3.23. The third-order valence-corrected chi connectivity index (χ3v) is 7.16. The van der Waals surface area contributed by atoms with Crippen LogP contribution in [0.15, 0.2) is 0 Å². The van der Waals surface area contributed by atoms with E-state index in [0.29, 0.717) is 24.2 Å². The van der Waals surface area contributed by atoms with Gasteiger partial charge in [0.1, 0.15) is 5.60 Å². The van der Waals surface area contributed by atoms with E-state index in [2.05, 4.69) is 15.1 Å². The number of piperidine rings is 2. The summed E-state index contributed by atoms with van der Waals surface area (Å²) in [6, 6.07) is 1.91. The number of rotatable bonds is 2. The molecule has 0 radical (unpaired) electrons. The molecule has 3 saturated heterocycles. The van der Waals surface area contributed by atoms with Gasteiger partial charge in [-0.1, -0.05) is 12.8 Å². The summed E-state index contributed by atoms with van der Waals surface area (Å²) in [6.07, 6.45) is 8.78. The van der Waals surface area contributed by atoms with Crippen LogP contribution in [0, 0.1) is 0 Å². The second-order valence-corrected chi connectivity index (χ2v) is 10.3. The van der Waals surface area contributed by atoms with Crippen LogP contribution in [0.3, 0.4) is 0 Å². The minimum absolute atomic E-state index is 0.172. The average Bonchev–Trinajstić information content (AvgIpc) is 3.02. The summed E-state index contributed by atoms with van der Waals surface area (Å²) in [7, 11) is 0. The van der Waals surface area contributed by atoms with Gasteiger partial charge in [0, 0.05) is 38.3 Å². The lowest BCUT2D eigenvalue weighted by Crippen LogP contribution is -2.54. The molecule has 7 heteroatoms. The second-order valence-electron chi connectivity index (χ2n) is 10.3. The van der Waals surface area contributed by atoms with E-state index < -0.39 is 5.60 Å². The molecule has 0 bridgehead atoms. The lowest BCUT2D eigenvalue weighted by Gasteiger charge is -2.44. The normalized spacial score (nSPS) is 30.2. The number of amides is 3. The van der Waals surface area contributed by atoms with Crippen molar-refractivity contribution in [2.75, 3.05) is 26.2 Å². The Morgan fingerprint density at radius 2 is 1.55 bits per heavy atom. The molecule has 0 aromatic rings. The summed E-state index contributed by atoms with van der Waals surface area (Å²) in [4.78, 5) is 31.5. The monoisotopic (exact) mass is 406 g/mol. The Bertz CT molecular complexity index is 604. The van der Waals surface area contributed by atoms with Crippen LogP contribution in [0.2, 0.25) is 0 Å². The molecule has 1 saturated carbocycles. The molecule has 3 amide bonds. The Labute approximate surface area is 175 Å². The smallest absolute Gasteiger partial charge is 0.410 e. The van der Waals surface area contributed by atoms with Crippen molar-refractivity contribution in [3.05, 3.63) is 0 Å². The molecule has 0 spiro atoms. The number of nitrogens with one attached hydrogen (secondary N) is 1. The van der Waals surface area contributed by atoms with E-state index >= 15 is 0 Å². The maximum Gasteiger partial charge on any atom is 0.410 e. The number of carbonyl (C=O) groups excluding carboxylic acids is 2. The highest BCUT2D eigenvalue weighted by molar-refractivity contribution is 5.78. The number of hydrogen-bond donors (Lipinski definition) is 1. The van der Waals surface area contributed by atoms with Gasteiger partial charge in [-0.3, -0.25) is 0 Å². The van der Waals surface area contributed by atoms with Crippen LogP contribution in [-0.4, -0.2) is 82.8 Å². The van der Waals surface area contributed by atoms with Crippen LogP contribution in [0.1, 0.15) is 72.1 Å². The number of likely N-dealkylation sites (tertiary alicyclic amines) is 2. The zero-order chi connectivity index (χ0) is 20.6. The molecule has 1 N–H and O–H groups in total. The van der Waals surface area contributed by atoms with Gasteiger partial charge >= 0.3 is 12.1 Å². The van der Waals surface area contributed by atoms with Crippen LogP contribution in [0.4, 0.5) is 9.59 Å². The van der Waals surface area contributed by atoms with Gasteiger partial charge in [0.05, 0.1) is 12.1 Å². The van der Waals surface area contributed by atoms with Crippen LogP contribution in [0.25, 0.3) is 0 Å². The van der Waals surface area contributed by atoms with Crippen molar-refractivity contribution in [1.29, 1.82) is 0 Å². The molecule has 3 aliphatic heterocycles. The maximum absolute atomic E-state index is 12.6. The zero-order valence-electron chi connectivity index (χ0n) is 18.4. The lowest BCUT2D eigenvalue weighted by molar-refractivity contribution is 0.0104. The van der Waals surface area contributed by atoms with Gasteiger partial charge in [-0.2, -0.15) is 0 Å². The molecule has 0 unspecified atom stereocenters. The van der Waals surface area contributed by atoms with Gasteiger partial charge in [0.2, 0.25) is 0 Å². The fourth-order valence-corrected chi connectivity index (χ4v) is 5.70. The predicted molar refractivity (Wildman–Crippen MR) is 112 cm³/mol. The highest BCUT2D eigenvalue weighted by Gasteiger charge is 2.44. The Kier molecular flexibility index (Phi) is 5.96. The van der Waals surface area contributed by atoms with E-state index in [4.69, 9.17) is 4.74 Å². The van der Waals surface area contributed by atoms with Gasteiger partial charge in [-0.05, 0) is 59.3 Å². The first kappa shape index (κ1) is 20.8. The minimum Gasteiger partial charge on any atom is -0.444 e. The second kappa shape index (κ2) is 8.32. The zero-order valence-corrected chi connectivity index (χ0v) is 18.4. The van der Waals surface area contributed by atoms with Crippen LogP contribution >= 0.6 is 0 Å². The van der Waals surface area contributed by atoms with Crippen molar-refractivity contribution in [3.63, 3.8) is 0 Å². The third-order valence-electron chi connectivity index (χ3n) is 7.16. The first-order chi connectivity index (χ1) is 13.8. The van der Waals surface area contributed by atoms with Crippen LogP contribution in [0.5, 0.6) is 0 Å². The van der Waals surface area contributed by atoms with Crippen molar-refractivity contribution in [2.45, 2.75) is 102 Å². The van der Waals surface area contributed by atoms with Gasteiger partial charge in [-0.15, -0.1) is 0 Å². The summed E-state index contributed by atoms with van der Waals surface area (Å²) >= 11 is 0. The molecule has 2 atom stereocenters. The molecule has 0 aromatic heterocycles. The first-order valence-electron chi connectivity index (χ1n) is 11.6. The van der Waals surface area contributed by atoms with Gasteiger partial charge in [0.25, 0.3) is 0 Å². The SMILES string of the molecule is CC(C)(C)OC(=O)N1CCC(N2CCC(N3C(=O)N[C@H]4CCCC[C@@H]43)CC2)CC1. The molecule has 4 rings (SSSR count). The molecule has 29 heavy (non-hydrogen) atoms. The van der Waals surface area contributed by atoms with Crippen LogP contribution in [-0.2, 0) is 4.74 Å². The number of carbonyl (C=O) groups is 2. The van der Waals surface area contributed by atoms with Crippen LogP contribution < -0.4 is 5.32 Å². The Balaban J connectivity index is 1.24. The Hall–Kier alpha value is -1.50. The molecular weight excluding hydrogens is 368 g/mol. The molecule has 164 valence electrons. The van der Waals surface area contributed by atoms with Crippen molar-refractivity contribution < 1.29 is 14.3 Å². The fraction of sp³-hybridized carbons (Fsp3) is 0.909. The van der Waals surface area contributed by atoms with Gasteiger partial charge in [-0.25, -0.2) is 9.59 Å². The average molecular weight is 407 g/mol. The number of urea groups is 1.